The van der Waals surface area contributed by atoms with Gasteiger partial charge in [0.2, 0.25) is 5.82 Å². The maximum absolute atomic E-state index is 14.3. The highest BCUT2D eigenvalue weighted by Crippen LogP contribution is 2.35. The van der Waals surface area contributed by atoms with Gasteiger partial charge in [-0.2, -0.15) is 5.10 Å². The summed E-state index contributed by atoms with van der Waals surface area (Å²) in [5, 5.41) is 9.21. The van der Waals surface area contributed by atoms with Gasteiger partial charge >= 0.3 is 0 Å². The molecule has 9 nitrogen and oxygen atoms in total. The molecule has 0 radical (unpaired) electrons. The number of amides is 2. The molecule has 196 valence electrons. The minimum absolute atomic E-state index is 0.0328. The number of H-pyrrole nitrogens is 1. The number of nitrogens with one attached hydrogen (secondary N) is 2. The fourth-order valence-corrected chi connectivity index (χ4v) is 3.95. The zero-order valence-corrected chi connectivity index (χ0v) is 21.4. The largest absolute Gasteiger partial charge is 0.489 e. The average molecular weight is 541 g/mol. The molecule has 0 aliphatic carbocycles. The van der Waals surface area contributed by atoms with Crippen LogP contribution < -0.4 is 15.0 Å². The molecule has 1 atom stereocenters. The molecular formula is C26H23ClF2N6O3. The number of rotatable bonds is 4. The fraction of sp³-hybridized carbons (Fsp3) is 0.192. The molecule has 5 rings (SSSR count). The van der Waals surface area contributed by atoms with Crippen molar-refractivity contribution in [3.8, 4) is 28.1 Å². The Balaban J connectivity index is 0.00000164. The number of anilines is 1. The Morgan fingerprint density at radius 3 is 2.66 bits per heavy atom. The van der Waals surface area contributed by atoms with Gasteiger partial charge in [0.1, 0.15) is 30.0 Å². The van der Waals surface area contributed by atoms with E-state index in [2.05, 4.69) is 25.5 Å². The first-order valence-electron chi connectivity index (χ1n) is 11.6. The number of hydrogen-bond donors (Lipinski definition) is 2. The molecule has 0 unspecified atom stereocenters. The molecule has 4 aromatic rings. The number of carbonyl (C=O) groups is 2. The van der Waals surface area contributed by atoms with Crippen molar-refractivity contribution in [1.29, 1.82) is 0 Å². The summed E-state index contributed by atoms with van der Waals surface area (Å²) in [6.45, 7) is 3.86. The van der Waals surface area contributed by atoms with Gasteiger partial charge in [-0.05, 0) is 29.8 Å². The van der Waals surface area contributed by atoms with Crippen molar-refractivity contribution in [2.45, 2.75) is 19.9 Å². The topological polar surface area (TPSA) is 113 Å². The van der Waals surface area contributed by atoms with E-state index >= 15 is 0 Å². The number of aromatic nitrogens is 4. The second kappa shape index (κ2) is 11.3. The van der Waals surface area contributed by atoms with Crippen molar-refractivity contribution < 1.29 is 23.1 Å². The van der Waals surface area contributed by atoms with Gasteiger partial charge in [-0.15, -0.1) is 0 Å². The van der Waals surface area contributed by atoms with E-state index in [-0.39, 0.29) is 28.7 Å². The maximum atomic E-state index is 14.3. The molecule has 0 saturated heterocycles. The standard InChI is InChI=1S/C24H17ClF2N6O3.C2H6/c1-33-19-6-12(13-8-29-30-9-13)2-5-20(19)36-11-18(24(33)35)31-23(34)22-28-10-16(25)21(32-22)15-4-3-14(26)7-17(15)27;1-2/h2-10,18H,11H2,1H3,(H,29,30)(H,31,34);1-2H3/t18-;/m0./s1. The van der Waals surface area contributed by atoms with Crippen LogP contribution in [0.15, 0.2) is 55.0 Å². The third kappa shape index (κ3) is 5.32. The van der Waals surface area contributed by atoms with Crippen molar-refractivity contribution in [3.63, 3.8) is 0 Å². The van der Waals surface area contributed by atoms with Crippen molar-refractivity contribution >= 4 is 29.1 Å². The number of ether oxygens (including phenoxy) is 1. The van der Waals surface area contributed by atoms with E-state index in [0.717, 1.165) is 29.5 Å². The number of hydrogen-bond acceptors (Lipinski definition) is 6. The van der Waals surface area contributed by atoms with E-state index < -0.39 is 29.5 Å². The van der Waals surface area contributed by atoms with E-state index in [4.69, 9.17) is 16.3 Å². The molecule has 0 saturated carbocycles. The predicted octanol–water partition coefficient (Wildman–Crippen LogP) is 4.65. The molecule has 0 bridgehead atoms. The summed E-state index contributed by atoms with van der Waals surface area (Å²) >= 11 is 6.10. The van der Waals surface area contributed by atoms with Crippen LogP contribution in [-0.4, -0.2) is 51.7 Å². The molecule has 38 heavy (non-hydrogen) atoms. The van der Waals surface area contributed by atoms with Crippen LogP contribution in [-0.2, 0) is 4.79 Å². The Bertz CT molecular complexity index is 1480. The quantitative estimate of drug-likeness (QED) is 0.390. The Morgan fingerprint density at radius 1 is 1.16 bits per heavy atom. The van der Waals surface area contributed by atoms with Crippen LogP contribution in [0, 0.1) is 11.6 Å². The van der Waals surface area contributed by atoms with Gasteiger partial charge in [0.15, 0.2) is 0 Å². The summed E-state index contributed by atoms with van der Waals surface area (Å²) in [5.41, 5.74) is 1.99. The molecule has 0 fully saturated rings. The Kier molecular flexibility index (Phi) is 7.96. The van der Waals surface area contributed by atoms with Crippen molar-refractivity contribution in [1.82, 2.24) is 25.5 Å². The lowest BCUT2D eigenvalue weighted by Crippen LogP contribution is -2.49. The number of nitrogens with zero attached hydrogens (tertiary/aromatic N) is 4. The lowest BCUT2D eigenvalue weighted by Gasteiger charge is -2.20. The third-order valence-corrected chi connectivity index (χ3v) is 5.90. The monoisotopic (exact) mass is 540 g/mol. The van der Waals surface area contributed by atoms with Crippen molar-refractivity contribution in [3.05, 3.63) is 77.5 Å². The van der Waals surface area contributed by atoms with Gasteiger partial charge < -0.3 is 15.0 Å². The molecule has 2 N–H and O–H groups in total. The smallest absolute Gasteiger partial charge is 0.289 e. The van der Waals surface area contributed by atoms with Gasteiger partial charge in [0.05, 0.1) is 28.8 Å². The molecule has 0 spiro atoms. The third-order valence-electron chi connectivity index (χ3n) is 5.62. The normalized spacial score (nSPS) is 14.5. The number of halogens is 3. The Labute approximate surface area is 221 Å². The summed E-state index contributed by atoms with van der Waals surface area (Å²) in [4.78, 5) is 35.4. The second-order valence-corrected chi connectivity index (χ2v) is 8.33. The highest BCUT2D eigenvalue weighted by Gasteiger charge is 2.32. The first kappa shape index (κ1) is 26.7. The van der Waals surface area contributed by atoms with Crippen LogP contribution in [0.25, 0.3) is 22.4 Å². The van der Waals surface area contributed by atoms with E-state index in [9.17, 15) is 18.4 Å². The summed E-state index contributed by atoms with van der Waals surface area (Å²) in [6.07, 6.45) is 4.51. The van der Waals surface area contributed by atoms with Crippen molar-refractivity contribution in [2.75, 3.05) is 18.6 Å². The van der Waals surface area contributed by atoms with Crippen LogP contribution in [0.5, 0.6) is 5.75 Å². The fourth-order valence-electron chi connectivity index (χ4n) is 3.76. The number of fused-ring (bicyclic) bond motifs is 1. The molecule has 3 heterocycles. The minimum atomic E-state index is -1.06. The highest BCUT2D eigenvalue weighted by molar-refractivity contribution is 6.33. The van der Waals surface area contributed by atoms with Gasteiger partial charge in [-0.25, -0.2) is 18.7 Å². The van der Waals surface area contributed by atoms with Crippen molar-refractivity contribution in [2.24, 2.45) is 0 Å². The Hall–Kier alpha value is -4.38. The van der Waals surface area contributed by atoms with E-state index in [1.54, 1.807) is 31.6 Å². The highest BCUT2D eigenvalue weighted by atomic mass is 35.5. The summed E-state index contributed by atoms with van der Waals surface area (Å²) in [6, 6.07) is 7.18. The van der Waals surface area contributed by atoms with Crippen LogP contribution in [0.3, 0.4) is 0 Å². The number of likely N-dealkylation sites (N-methyl/N-ethyl adjacent to an activating group) is 1. The SMILES string of the molecule is CC.CN1C(=O)[C@@H](NC(=O)c2ncc(Cl)c(-c3ccc(F)cc3F)n2)COc2ccc(-c3cn[nH]c3)cc21. The zero-order chi connectivity index (χ0) is 27.4. The van der Waals surface area contributed by atoms with Crippen LogP contribution >= 0.6 is 11.6 Å². The number of benzene rings is 2. The average Bonchev–Trinajstić information content (AvgIpc) is 3.43. The van der Waals surface area contributed by atoms with Crippen LogP contribution in [0.2, 0.25) is 5.02 Å². The summed E-state index contributed by atoms with van der Waals surface area (Å²) < 4.78 is 33.4. The second-order valence-electron chi connectivity index (χ2n) is 7.92. The first-order chi connectivity index (χ1) is 18.3. The Morgan fingerprint density at radius 2 is 1.95 bits per heavy atom. The van der Waals surface area contributed by atoms with Gasteiger partial charge in [-0.3, -0.25) is 14.7 Å². The lowest BCUT2D eigenvalue weighted by atomic mass is 10.1. The van der Waals surface area contributed by atoms with Gasteiger partial charge in [-0.1, -0.05) is 31.5 Å². The van der Waals surface area contributed by atoms with E-state index in [1.807, 2.05) is 19.9 Å². The number of carbonyl (C=O) groups excluding carboxylic acids is 2. The van der Waals surface area contributed by atoms with Crippen LogP contribution in [0.4, 0.5) is 14.5 Å². The van der Waals surface area contributed by atoms with Crippen LogP contribution in [0.1, 0.15) is 24.5 Å². The maximum Gasteiger partial charge on any atom is 0.289 e. The molecular weight excluding hydrogens is 518 g/mol. The summed E-state index contributed by atoms with van der Waals surface area (Å²) in [7, 11) is 1.57. The minimum Gasteiger partial charge on any atom is -0.489 e. The van der Waals surface area contributed by atoms with E-state index in [0.29, 0.717) is 17.5 Å². The summed E-state index contributed by atoms with van der Waals surface area (Å²) in [5.74, 6) is -2.78. The zero-order valence-electron chi connectivity index (χ0n) is 20.6. The lowest BCUT2D eigenvalue weighted by molar-refractivity contribution is -0.120. The van der Waals surface area contributed by atoms with Gasteiger partial charge in [0, 0.05) is 30.4 Å². The predicted molar refractivity (Wildman–Crippen MR) is 138 cm³/mol. The molecule has 2 amide bonds. The molecule has 1 aliphatic rings. The first-order valence-corrected chi connectivity index (χ1v) is 12.0. The van der Waals surface area contributed by atoms with E-state index in [1.165, 1.54) is 4.90 Å². The molecule has 1 aliphatic heterocycles. The molecule has 2 aromatic carbocycles. The van der Waals surface area contributed by atoms with Gasteiger partial charge in [0.25, 0.3) is 11.8 Å². The molecule has 2 aromatic heterocycles. The number of aromatic amines is 1. The molecule has 12 heteroatoms.